The zero-order valence-electron chi connectivity index (χ0n) is 13.3. The van der Waals surface area contributed by atoms with Crippen molar-refractivity contribution in [1.29, 1.82) is 0 Å². The van der Waals surface area contributed by atoms with Gasteiger partial charge in [0.25, 0.3) is 11.6 Å². The van der Waals surface area contributed by atoms with E-state index in [1.807, 2.05) is 6.07 Å². The number of ether oxygens (including phenoxy) is 1. The molecule has 9 heteroatoms. The molecule has 2 rings (SSSR count). The van der Waals surface area contributed by atoms with Gasteiger partial charge in [0, 0.05) is 17.8 Å². The highest BCUT2D eigenvalue weighted by Crippen LogP contribution is 2.16. The Morgan fingerprint density at radius 1 is 1.08 bits per heavy atom. The largest absolute Gasteiger partial charge is 0.481 e. The first-order chi connectivity index (χ1) is 12.0. The number of nitro groups is 1. The molecule has 1 atom stereocenters. The van der Waals surface area contributed by atoms with Gasteiger partial charge in [-0.1, -0.05) is 24.3 Å². The Balaban J connectivity index is 1.82. The fourth-order valence-corrected chi connectivity index (χ4v) is 1.84. The van der Waals surface area contributed by atoms with E-state index >= 15 is 0 Å². The van der Waals surface area contributed by atoms with Crippen molar-refractivity contribution in [2.45, 2.75) is 13.0 Å². The van der Waals surface area contributed by atoms with E-state index in [4.69, 9.17) is 4.74 Å². The van der Waals surface area contributed by atoms with E-state index in [0.717, 1.165) is 0 Å². The van der Waals surface area contributed by atoms with Crippen LogP contribution in [0.1, 0.15) is 6.92 Å². The van der Waals surface area contributed by atoms with Crippen molar-refractivity contribution < 1.29 is 19.2 Å². The van der Waals surface area contributed by atoms with Crippen LogP contribution >= 0.6 is 0 Å². The SMILES string of the molecule is CC(Oc1ccccc1)C(=O)NNC(=O)Nc1cccc([N+](=O)[O-])c1. The highest BCUT2D eigenvalue weighted by atomic mass is 16.6. The van der Waals surface area contributed by atoms with Crippen molar-refractivity contribution in [2.24, 2.45) is 0 Å². The summed E-state index contributed by atoms with van der Waals surface area (Å²) in [6.45, 7) is 1.53. The van der Waals surface area contributed by atoms with E-state index in [0.29, 0.717) is 5.75 Å². The number of benzene rings is 2. The lowest BCUT2D eigenvalue weighted by molar-refractivity contribution is -0.384. The van der Waals surface area contributed by atoms with Crippen LogP contribution in [0.4, 0.5) is 16.2 Å². The lowest BCUT2D eigenvalue weighted by Gasteiger charge is -2.15. The fourth-order valence-electron chi connectivity index (χ4n) is 1.84. The molecule has 1 unspecified atom stereocenters. The summed E-state index contributed by atoms with van der Waals surface area (Å²) < 4.78 is 5.41. The first-order valence-electron chi connectivity index (χ1n) is 7.28. The minimum Gasteiger partial charge on any atom is -0.481 e. The Morgan fingerprint density at radius 2 is 1.80 bits per heavy atom. The summed E-state index contributed by atoms with van der Waals surface area (Å²) in [5, 5.41) is 13.1. The minimum absolute atomic E-state index is 0.160. The third-order valence-corrected chi connectivity index (χ3v) is 3.04. The number of nitro benzene ring substituents is 1. The van der Waals surface area contributed by atoms with Crippen LogP contribution in [-0.2, 0) is 4.79 Å². The zero-order chi connectivity index (χ0) is 18.2. The van der Waals surface area contributed by atoms with Crippen LogP contribution in [0, 0.1) is 10.1 Å². The minimum atomic E-state index is -0.833. The molecular formula is C16H16N4O5. The van der Waals surface area contributed by atoms with Crippen molar-refractivity contribution in [3.63, 3.8) is 0 Å². The quantitative estimate of drug-likeness (QED) is 0.567. The molecule has 2 aromatic rings. The first kappa shape index (κ1) is 17.7. The molecule has 3 amide bonds. The highest BCUT2D eigenvalue weighted by Gasteiger charge is 2.15. The molecule has 25 heavy (non-hydrogen) atoms. The van der Waals surface area contributed by atoms with Gasteiger partial charge in [-0.2, -0.15) is 0 Å². The predicted molar refractivity (Wildman–Crippen MR) is 89.9 cm³/mol. The third kappa shape index (κ3) is 5.50. The van der Waals surface area contributed by atoms with E-state index in [1.165, 1.54) is 31.2 Å². The van der Waals surface area contributed by atoms with Crippen molar-refractivity contribution >= 4 is 23.3 Å². The third-order valence-electron chi connectivity index (χ3n) is 3.04. The fraction of sp³-hybridized carbons (Fsp3) is 0.125. The topological polar surface area (TPSA) is 123 Å². The molecule has 0 saturated heterocycles. The average Bonchev–Trinajstić information content (AvgIpc) is 2.60. The van der Waals surface area contributed by atoms with Crippen LogP contribution in [0.25, 0.3) is 0 Å². The Bertz CT molecular complexity index is 766. The van der Waals surface area contributed by atoms with Crippen LogP contribution in [0.2, 0.25) is 0 Å². The molecule has 0 heterocycles. The Kier molecular flexibility index (Phi) is 5.88. The summed E-state index contributed by atoms with van der Waals surface area (Å²) in [6.07, 6.45) is -0.833. The molecule has 0 aliphatic rings. The van der Waals surface area contributed by atoms with E-state index in [2.05, 4.69) is 16.2 Å². The number of nitrogens with zero attached hydrogens (tertiary/aromatic N) is 1. The van der Waals surface area contributed by atoms with Crippen LogP contribution < -0.4 is 20.9 Å². The molecule has 0 aliphatic heterocycles. The second-order valence-corrected chi connectivity index (χ2v) is 4.95. The van der Waals surface area contributed by atoms with Gasteiger partial charge in [0.15, 0.2) is 6.10 Å². The van der Waals surface area contributed by atoms with Gasteiger partial charge in [0.1, 0.15) is 5.75 Å². The summed E-state index contributed by atoms with van der Waals surface area (Å²) in [6, 6.07) is 13.4. The molecule has 3 N–H and O–H groups in total. The summed E-state index contributed by atoms with van der Waals surface area (Å²) in [5.41, 5.74) is 4.40. The number of hydrogen-bond acceptors (Lipinski definition) is 5. The van der Waals surface area contributed by atoms with Crippen LogP contribution in [-0.4, -0.2) is 23.0 Å². The van der Waals surface area contributed by atoms with Crippen molar-refractivity contribution in [1.82, 2.24) is 10.9 Å². The van der Waals surface area contributed by atoms with Crippen molar-refractivity contribution in [2.75, 3.05) is 5.32 Å². The van der Waals surface area contributed by atoms with Gasteiger partial charge in [-0.15, -0.1) is 0 Å². The normalized spacial score (nSPS) is 11.1. The molecule has 0 fully saturated rings. The Hall–Kier alpha value is -3.62. The van der Waals surface area contributed by atoms with Gasteiger partial charge in [-0.3, -0.25) is 20.3 Å². The maximum atomic E-state index is 11.9. The molecule has 9 nitrogen and oxygen atoms in total. The van der Waals surface area contributed by atoms with Gasteiger partial charge in [-0.05, 0) is 25.1 Å². The van der Waals surface area contributed by atoms with E-state index in [-0.39, 0.29) is 11.4 Å². The van der Waals surface area contributed by atoms with E-state index < -0.39 is 23.0 Å². The van der Waals surface area contributed by atoms with Gasteiger partial charge >= 0.3 is 6.03 Å². The Labute approximate surface area is 143 Å². The number of para-hydroxylation sites is 1. The van der Waals surface area contributed by atoms with Crippen LogP contribution in [0.3, 0.4) is 0 Å². The van der Waals surface area contributed by atoms with Crippen LogP contribution in [0.15, 0.2) is 54.6 Å². The number of carbonyl (C=O) groups excluding carboxylic acids is 2. The lowest BCUT2D eigenvalue weighted by Crippen LogP contribution is -2.48. The smallest absolute Gasteiger partial charge is 0.337 e. The van der Waals surface area contributed by atoms with E-state index in [9.17, 15) is 19.7 Å². The summed E-state index contributed by atoms with van der Waals surface area (Å²) in [7, 11) is 0. The number of carbonyl (C=O) groups is 2. The second-order valence-electron chi connectivity index (χ2n) is 4.95. The molecule has 0 aromatic heterocycles. The van der Waals surface area contributed by atoms with Gasteiger partial charge < -0.3 is 10.1 Å². The number of hydrogen-bond donors (Lipinski definition) is 3. The monoisotopic (exact) mass is 344 g/mol. The molecule has 0 saturated carbocycles. The maximum Gasteiger partial charge on any atom is 0.337 e. The summed E-state index contributed by atoms with van der Waals surface area (Å²) >= 11 is 0. The molecule has 2 aromatic carbocycles. The molecule has 130 valence electrons. The second kappa shape index (κ2) is 8.29. The first-order valence-corrected chi connectivity index (χ1v) is 7.28. The molecule has 0 spiro atoms. The highest BCUT2D eigenvalue weighted by molar-refractivity contribution is 5.91. The summed E-state index contributed by atoms with van der Waals surface area (Å²) in [5.74, 6) is -0.0377. The molecule has 0 radical (unpaired) electrons. The lowest BCUT2D eigenvalue weighted by atomic mass is 10.3. The number of non-ortho nitro benzene ring substituents is 1. The summed E-state index contributed by atoms with van der Waals surface area (Å²) in [4.78, 5) is 33.7. The molecule has 0 bridgehead atoms. The average molecular weight is 344 g/mol. The Morgan fingerprint density at radius 3 is 2.48 bits per heavy atom. The molecular weight excluding hydrogens is 328 g/mol. The maximum absolute atomic E-state index is 11.9. The number of urea groups is 1. The van der Waals surface area contributed by atoms with Gasteiger partial charge in [0.05, 0.1) is 4.92 Å². The van der Waals surface area contributed by atoms with Crippen molar-refractivity contribution in [3.05, 3.63) is 64.7 Å². The number of rotatable bonds is 5. The molecule has 0 aliphatic carbocycles. The number of anilines is 1. The predicted octanol–water partition coefficient (Wildman–Crippen LogP) is 2.21. The standard InChI is InChI=1S/C16H16N4O5/c1-11(25-14-8-3-2-4-9-14)15(21)18-19-16(22)17-12-6-5-7-13(10-12)20(23)24/h2-11H,1H3,(H,18,21)(H2,17,19,22). The number of amides is 3. The van der Waals surface area contributed by atoms with Crippen LogP contribution in [0.5, 0.6) is 5.75 Å². The van der Waals surface area contributed by atoms with Crippen molar-refractivity contribution in [3.8, 4) is 5.75 Å². The zero-order valence-corrected chi connectivity index (χ0v) is 13.3. The number of hydrazine groups is 1. The van der Waals surface area contributed by atoms with Gasteiger partial charge in [-0.25, -0.2) is 10.2 Å². The number of nitrogens with one attached hydrogen (secondary N) is 3. The van der Waals surface area contributed by atoms with E-state index in [1.54, 1.807) is 24.3 Å². The van der Waals surface area contributed by atoms with Gasteiger partial charge in [0.2, 0.25) is 0 Å².